The van der Waals surface area contributed by atoms with Crippen LogP contribution in [0.1, 0.15) is 24.1 Å². The Morgan fingerprint density at radius 2 is 2.25 bits per heavy atom. The van der Waals surface area contributed by atoms with Crippen molar-refractivity contribution < 1.29 is 0 Å². The van der Waals surface area contributed by atoms with E-state index in [-0.39, 0.29) is 6.04 Å². The molecule has 1 aromatic carbocycles. The molecule has 1 heterocycles. The summed E-state index contributed by atoms with van der Waals surface area (Å²) in [4.78, 5) is 0. The molecule has 1 unspecified atom stereocenters. The van der Waals surface area contributed by atoms with Crippen LogP contribution in [0.4, 0.5) is 5.69 Å². The smallest absolute Gasteiger partial charge is 0.101 e. The summed E-state index contributed by atoms with van der Waals surface area (Å²) in [6.45, 7) is 2.03. The molecule has 0 spiro atoms. The third kappa shape index (κ3) is 2.04. The van der Waals surface area contributed by atoms with Gasteiger partial charge in [0.25, 0.3) is 0 Å². The van der Waals surface area contributed by atoms with Crippen LogP contribution in [0.5, 0.6) is 0 Å². The number of para-hydroxylation sites is 1. The van der Waals surface area contributed by atoms with Crippen molar-refractivity contribution in [2.24, 2.45) is 0 Å². The van der Waals surface area contributed by atoms with E-state index in [1.54, 1.807) is 12.3 Å². The quantitative estimate of drug-likeness (QED) is 0.821. The monoisotopic (exact) mass is 212 g/mol. The van der Waals surface area contributed by atoms with Gasteiger partial charge in [0, 0.05) is 11.8 Å². The molecule has 0 bridgehead atoms. The number of aromatic amines is 1. The maximum absolute atomic E-state index is 8.95. The molecule has 16 heavy (non-hydrogen) atoms. The Kier molecular flexibility index (Phi) is 2.88. The molecule has 0 aliphatic carbocycles. The van der Waals surface area contributed by atoms with Crippen LogP contribution in [-0.4, -0.2) is 10.2 Å². The molecule has 0 aliphatic heterocycles. The molecule has 4 heteroatoms. The fourth-order valence-electron chi connectivity index (χ4n) is 1.52. The van der Waals surface area contributed by atoms with Crippen molar-refractivity contribution in [3.63, 3.8) is 0 Å². The number of aromatic nitrogens is 2. The SMILES string of the molecule is CC(Nc1ccccc1C#N)c1cn[nH]c1. The van der Waals surface area contributed by atoms with Crippen molar-refractivity contribution in [3.05, 3.63) is 47.8 Å². The zero-order valence-corrected chi connectivity index (χ0v) is 8.94. The first kappa shape index (κ1) is 10.2. The van der Waals surface area contributed by atoms with Crippen molar-refractivity contribution in [3.8, 4) is 6.07 Å². The molecule has 2 N–H and O–H groups in total. The summed E-state index contributed by atoms with van der Waals surface area (Å²) in [6, 6.07) is 9.73. The first-order chi connectivity index (χ1) is 7.81. The minimum Gasteiger partial charge on any atom is -0.377 e. The summed E-state index contributed by atoms with van der Waals surface area (Å²) in [6.07, 6.45) is 3.61. The van der Waals surface area contributed by atoms with Gasteiger partial charge in [-0.15, -0.1) is 0 Å². The molecule has 2 rings (SSSR count). The summed E-state index contributed by atoms with van der Waals surface area (Å²) in [5.41, 5.74) is 2.56. The molecular weight excluding hydrogens is 200 g/mol. The van der Waals surface area contributed by atoms with E-state index in [4.69, 9.17) is 5.26 Å². The second kappa shape index (κ2) is 4.49. The largest absolute Gasteiger partial charge is 0.377 e. The van der Waals surface area contributed by atoms with Crippen LogP contribution in [0.2, 0.25) is 0 Å². The highest BCUT2D eigenvalue weighted by Crippen LogP contribution is 2.20. The van der Waals surface area contributed by atoms with E-state index in [0.717, 1.165) is 11.3 Å². The minimum atomic E-state index is 0.119. The average molecular weight is 212 g/mol. The van der Waals surface area contributed by atoms with E-state index >= 15 is 0 Å². The Morgan fingerprint density at radius 1 is 1.44 bits per heavy atom. The van der Waals surface area contributed by atoms with E-state index in [0.29, 0.717) is 5.56 Å². The van der Waals surface area contributed by atoms with Crippen molar-refractivity contribution in [1.82, 2.24) is 10.2 Å². The molecule has 1 aromatic heterocycles. The van der Waals surface area contributed by atoms with Crippen molar-refractivity contribution in [2.45, 2.75) is 13.0 Å². The Bertz CT molecular complexity index is 496. The Morgan fingerprint density at radius 3 is 2.94 bits per heavy atom. The normalized spacial score (nSPS) is 11.8. The number of nitrogens with one attached hydrogen (secondary N) is 2. The Labute approximate surface area is 93.9 Å². The lowest BCUT2D eigenvalue weighted by Crippen LogP contribution is -2.06. The zero-order chi connectivity index (χ0) is 11.4. The summed E-state index contributed by atoms with van der Waals surface area (Å²) >= 11 is 0. The van der Waals surface area contributed by atoms with Gasteiger partial charge < -0.3 is 5.32 Å². The van der Waals surface area contributed by atoms with Gasteiger partial charge in [-0.25, -0.2) is 0 Å². The van der Waals surface area contributed by atoms with Crippen LogP contribution < -0.4 is 5.32 Å². The molecule has 80 valence electrons. The van der Waals surface area contributed by atoms with E-state index in [1.165, 1.54) is 0 Å². The third-order valence-electron chi connectivity index (χ3n) is 2.44. The maximum atomic E-state index is 8.95. The molecule has 4 nitrogen and oxygen atoms in total. The van der Waals surface area contributed by atoms with E-state index < -0.39 is 0 Å². The molecule has 0 saturated heterocycles. The number of nitrogens with zero attached hydrogens (tertiary/aromatic N) is 2. The highest BCUT2D eigenvalue weighted by molar-refractivity contribution is 5.58. The second-order valence-corrected chi connectivity index (χ2v) is 3.56. The van der Waals surface area contributed by atoms with Crippen LogP contribution in [0.25, 0.3) is 0 Å². The van der Waals surface area contributed by atoms with Crippen molar-refractivity contribution in [1.29, 1.82) is 5.26 Å². The van der Waals surface area contributed by atoms with Gasteiger partial charge in [0.05, 0.1) is 23.5 Å². The van der Waals surface area contributed by atoms with Gasteiger partial charge in [-0.3, -0.25) is 5.10 Å². The topological polar surface area (TPSA) is 64.5 Å². The van der Waals surface area contributed by atoms with Crippen molar-refractivity contribution in [2.75, 3.05) is 5.32 Å². The molecule has 0 aliphatic rings. The number of anilines is 1. The van der Waals surface area contributed by atoms with E-state index in [1.807, 2.05) is 31.3 Å². The van der Waals surface area contributed by atoms with E-state index in [2.05, 4.69) is 21.6 Å². The molecule has 1 atom stereocenters. The summed E-state index contributed by atoms with van der Waals surface area (Å²) in [5.74, 6) is 0. The zero-order valence-electron chi connectivity index (χ0n) is 8.94. The second-order valence-electron chi connectivity index (χ2n) is 3.56. The number of nitriles is 1. The van der Waals surface area contributed by atoms with Crippen LogP contribution in [0, 0.1) is 11.3 Å². The molecule has 2 aromatic rings. The number of benzene rings is 1. The first-order valence-electron chi connectivity index (χ1n) is 5.05. The minimum absolute atomic E-state index is 0.119. The van der Waals surface area contributed by atoms with Gasteiger partial charge >= 0.3 is 0 Å². The lowest BCUT2D eigenvalue weighted by atomic mass is 10.1. The van der Waals surface area contributed by atoms with Crippen molar-refractivity contribution >= 4 is 5.69 Å². The average Bonchev–Trinajstić information content (AvgIpc) is 2.83. The first-order valence-corrected chi connectivity index (χ1v) is 5.05. The number of hydrogen-bond donors (Lipinski definition) is 2. The van der Waals surface area contributed by atoms with Crippen LogP contribution in [0.15, 0.2) is 36.7 Å². The molecule has 0 amide bonds. The van der Waals surface area contributed by atoms with Gasteiger partial charge in [-0.05, 0) is 19.1 Å². The van der Waals surface area contributed by atoms with Crippen LogP contribution in [0.3, 0.4) is 0 Å². The molecular formula is C12H12N4. The Hall–Kier alpha value is -2.28. The van der Waals surface area contributed by atoms with Crippen LogP contribution >= 0.6 is 0 Å². The maximum Gasteiger partial charge on any atom is 0.101 e. The molecule has 0 fully saturated rings. The highest BCUT2D eigenvalue weighted by atomic mass is 15.1. The number of hydrogen-bond acceptors (Lipinski definition) is 3. The van der Waals surface area contributed by atoms with Gasteiger partial charge in [-0.2, -0.15) is 10.4 Å². The van der Waals surface area contributed by atoms with Gasteiger partial charge in [0.2, 0.25) is 0 Å². The third-order valence-corrected chi connectivity index (χ3v) is 2.44. The summed E-state index contributed by atoms with van der Waals surface area (Å²) in [7, 11) is 0. The van der Waals surface area contributed by atoms with Gasteiger partial charge in [-0.1, -0.05) is 12.1 Å². The fraction of sp³-hybridized carbons (Fsp3) is 0.167. The highest BCUT2D eigenvalue weighted by Gasteiger charge is 2.08. The number of rotatable bonds is 3. The van der Waals surface area contributed by atoms with Gasteiger partial charge in [0.15, 0.2) is 0 Å². The lowest BCUT2D eigenvalue weighted by molar-refractivity contribution is 0.885. The lowest BCUT2D eigenvalue weighted by Gasteiger charge is -2.14. The number of H-pyrrole nitrogens is 1. The Balaban J connectivity index is 2.19. The predicted octanol–water partition coefficient (Wildman–Crippen LogP) is 2.45. The van der Waals surface area contributed by atoms with Gasteiger partial charge in [0.1, 0.15) is 6.07 Å². The predicted molar refractivity (Wildman–Crippen MR) is 61.8 cm³/mol. The summed E-state index contributed by atoms with van der Waals surface area (Å²) in [5, 5.41) is 18.9. The molecule has 0 saturated carbocycles. The standard InChI is InChI=1S/C12H12N4/c1-9(11-7-14-15-8-11)16-12-5-3-2-4-10(12)6-13/h2-5,7-9,16H,1H3,(H,14,15). The van der Waals surface area contributed by atoms with Crippen LogP contribution in [-0.2, 0) is 0 Å². The molecule has 0 radical (unpaired) electrons. The fourth-order valence-corrected chi connectivity index (χ4v) is 1.52. The van der Waals surface area contributed by atoms with E-state index in [9.17, 15) is 0 Å². The summed E-state index contributed by atoms with van der Waals surface area (Å²) < 4.78 is 0.